The fraction of sp³-hybridized carbons (Fsp3) is 0.167. The standard InChI is InChI=1S/C12H11BrFNO/c1-15-10(5-6-12(15)13)8-16-11-4-2-3-9(14)7-11/h2-7H,8H2,1H3. The summed E-state index contributed by atoms with van der Waals surface area (Å²) in [6.07, 6.45) is 0. The van der Waals surface area contributed by atoms with Crippen molar-refractivity contribution in [3.63, 3.8) is 0 Å². The summed E-state index contributed by atoms with van der Waals surface area (Å²) in [5.41, 5.74) is 1.02. The number of halogens is 2. The molecule has 0 aliphatic carbocycles. The molecule has 0 amide bonds. The summed E-state index contributed by atoms with van der Waals surface area (Å²) in [5, 5.41) is 0. The van der Waals surface area contributed by atoms with Crippen LogP contribution in [-0.2, 0) is 13.7 Å². The first-order chi connectivity index (χ1) is 7.66. The molecule has 4 heteroatoms. The molecular weight excluding hydrogens is 273 g/mol. The SMILES string of the molecule is Cn1c(Br)ccc1COc1cccc(F)c1. The first-order valence-electron chi connectivity index (χ1n) is 4.85. The quantitative estimate of drug-likeness (QED) is 0.841. The molecule has 0 N–H and O–H groups in total. The van der Waals surface area contributed by atoms with Crippen molar-refractivity contribution in [2.24, 2.45) is 7.05 Å². The molecule has 0 fully saturated rings. The van der Waals surface area contributed by atoms with Crippen molar-refractivity contribution in [1.82, 2.24) is 4.57 Å². The van der Waals surface area contributed by atoms with E-state index in [1.165, 1.54) is 12.1 Å². The Bertz CT molecular complexity index is 496. The van der Waals surface area contributed by atoms with Gasteiger partial charge in [-0.15, -0.1) is 0 Å². The van der Waals surface area contributed by atoms with Gasteiger partial charge in [-0.3, -0.25) is 0 Å². The third-order valence-electron chi connectivity index (χ3n) is 2.35. The molecule has 1 aromatic carbocycles. The van der Waals surface area contributed by atoms with Crippen LogP contribution in [-0.4, -0.2) is 4.57 Å². The maximum Gasteiger partial charge on any atom is 0.128 e. The molecule has 2 aromatic rings. The third-order valence-corrected chi connectivity index (χ3v) is 3.14. The minimum absolute atomic E-state index is 0.287. The Hall–Kier alpha value is -1.29. The highest BCUT2D eigenvalue weighted by atomic mass is 79.9. The Morgan fingerprint density at radius 3 is 2.75 bits per heavy atom. The number of hydrogen-bond acceptors (Lipinski definition) is 1. The lowest BCUT2D eigenvalue weighted by molar-refractivity contribution is 0.295. The summed E-state index contributed by atoms with van der Waals surface area (Å²) < 4.78 is 21.3. The summed E-state index contributed by atoms with van der Waals surface area (Å²) in [4.78, 5) is 0. The predicted octanol–water partition coefficient (Wildman–Crippen LogP) is 3.51. The van der Waals surface area contributed by atoms with E-state index in [0.717, 1.165) is 10.3 Å². The molecule has 0 spiro atoms. The lowest BCUT2D eigenvalue weighted by atomic mass is 10.3. The van der Waals surface area contributed by atoms with Crippen LogP contribution in [0.15, 0.2) is 41.0 Å². The monoisotopic (exact) mass is 283 g/mol. The van der Waals surface area contributed by atoms with Crippen molar-refractivity contribution in [3.05, 3.63) is 52.5 Å². The van der Waals surface area contributed by atoms with Crippen molar-refractivity contribution in [2.75, 3.05) is 0 Å². The topological polar surface area (TPSA) is 14.2 Å². The van der Waals surface area contributed by atoms with Gasteiger partial charge >= 0.3 is 0 Å². The highest BCUT2D eigenvalue weighted by Gasteiger charge is 2.03. The van der Waals surface area contributed by atoms with E-state index in [4.69, 9.17) is 4.74 Å². The molecule has 0 bridgehead atoms. The van der Waals surface area contributed by atoms with Crippen LogP contribution in [0.25, 0.3) is 0 Å². The minimum Gasteiger partial charge on any atom is -0.487 e. The zero-order valence-electron chi connectivity index (χ0n) is 8.78. The van der Waals surface area contributed by atoms with Crippen LogP contribution in [0.5, 0.6) is 5.75 Å². The van der Waals surface area contributed by atoms with Gasteiger partial charge < -0.3 is 9.30 Å². The van der Waals surface area contributed by atoms with Crippen molar-refractivity contribution in [1.29, 1.82) is 0 Å². The average molecular weight is 284 g/mol. The van der Waals surface area contributed by atoms with E-state index in [0.29, 0.717) is 12.4 Å². The van der Waals surface area contributed by atoms with Gasteiger partial charge in [0.15, 0.2) is 0 Å². The predicted molar refractivity (Wildman–Crippen MR) is 63.8 cm³/mol. The highest BCUT2D eigenvalue weighted by Crippen LogP contribution is 2.17. The zero-order chi connectivity index (χ0) is 11.5. The minimum atomic E-state index is -0.287. The van der Waals surface area contributed by atoms with E-state index in [9.17, 15) is 4.39 Å². The maximum absolute atomic E-state index is 12.9. The van der Waals surface area contributed by atoms with Crippen LogP contribution in [0.3, 0.4) is 0 Å². The Labute approximate surface area is 102 Å². The van der Waals surface area contributed by atoms with Crippen molar-refractivity contribution >= 4 is 15.9 Å². The molecule has 2 nitrogen and oxygen atoms in total. The molecule has 16 heavy (non-hydrogen) atoms. The first kappa shape index (κ1) is 11.2. The van der Waals surface area contributed by atoms with Gasteiger partial charge in [0.25, 0.3) is 0 Å². The number of rotatable bonds is 3. The third kappa shape index (κ3) is 2.44. The van der Waals surface area contributed by atoms with Crippen molar-refractivity contribution in [2.45, 2.75) is 6.61 Å². The van der Waals surface area contributed by atoms with E-state index >= 15 is 0 Å². The summed E-state index contributed by atoms with van der Waals surface area (Å²) >= 11 is 3.40. The normalized spacial score (nSPS) is 10.4. The van der Waals surface area contributed by atoms with Gasteiger partial charge in [0.2, 0.25) is 0 Å². The van der Waals surface area contributed by atoms with E-state index in [1.54, 1.807) is 12.1 Å². The number of ether oxygens (including phenoxy) is 1. The van der Waals surface area contributed by atoms with Gasteiger partial charge in [-0.25, -0.2) is 4.39 Å². The molecule has 1 heterocycles. The van der Waals surface area contributed by atoms with Crippen LogP contribution in [0.2, 0.25) is 0 Å². The van der Waals surface area contributed by atoms with Gasteiger partial charge in [0.1, 0.15) is 18.2 Å². The van der Waals surface area contributed by atoms with Gasteiger partial charge in [-0.1, -0.05) is 6.07 Å². The van der Waals surface area contributed by atoms with Gasteiger partial charge in [-0.05, 0) is 40.2 Å². The van der Waals surface area contributed by atoms with Gasteiger partial charge in [-0.2, -0.15) is 0 Å². The molecule has 2 rings (SSSR count). The van der Waals surface area contributed by atoms with Gasteiger partial charge in [0, 0.05) is 13.1 Å². The average Bonchev–Trinajstić information content (AvgIpc) is 2.57. The molecular formula is C12H11BrFNO. The second-order valence-electron chi connectivity index (χ2n) is 3.45. The van der Waals surface area contributed by atoms with Crippen LogP contribution in [0, 0.1) is 5.82 Å². The molecule has 0 saturated carbocycles. The summed E-state index contributed by atoms with van der Waals surface area (Å²) in [7, 11) is 1.94. The fourth-order valence-corrected chi connectivity index (χ4v) is 1.74. The summed E-state index contributed by atoms with van der Waals surface area (Å²) in [6, 6.07) is 10.0. The van der Waals surface area contributed by atoms with E-state index in [1.807, 2.05) is 23.7 Å². The first-order valence-corrected chi connectivity index (χ1v) is 5.64. The Morgan fingerprint density at radius 1 is 1.31 bits per heavy atom. The number of nitrogens with zero attached hydrogens (tertiary/aromatic N) is 1. The van der Waals surface area contributed by atoms with E-state index < -0.39 is 0 Å². The molecule has 0 radical (unpaired) electrons. The lowest BCUT2D eigenvalue weighted by Gasteiger charge is -2.07. The van der Waals surface area contributed by atoms with E-state index in [2.05, 4.69) is 15.9 Å². The summed E-state index contributed by atoms with van der Waals surface area (Å²) in [6.45, 7) is 0.422. The summed E-state index contributed by atoms with van der Waals surface area (Å²) in [5.74, 6) is 0.253. The number of aromatic nitrogens is 1. The fourth-order valence-electron chi connectivity index (χ4n) is 1.38. The van der Waals surface area contributed by atoms with Crippen molar-refractivity contribution in [3.8, 4) is 5.75 Å². The van der Waals surface area contributed by atoms with Crippen LogP contribution in [0.1, 0.15) is 5.69 Å². The molecule has 0 aliphatic heterocycles. The molecule has 0 unspecified atom stereocenters. The number of hydrogen-bond donors (Lipinski definition) is 0. The van der Waals surface area contributed by atoms with Crippen LogP contribution < -0.4 is 4.74 Å². The second kappa shape index (κ2) is 4.70. The van der Waals surface area contributed by atoms with Crippen molar-refractivity contribution < 1.29 is 9.13 Å². The molecule has 0 saturated heterocycles. The largest absolute Gasteiger partial charge is 0.487 e. The zero-order valence-corrected chi connectivity index (χ0v) is 10.4. The van der Waals surface area contributed by atoms with Crippen LogP contribution >= 0.6 is 15.9 Å². The Kier molecular flexibility index (Phi) is 3.29. The maximum atomic E-state index is 12.9. The second-order valence-corrected chi connectivity index (χ2v) is 4.26. The van der Waals surface area contributed by atoms with Gasteiger partial charge in [0.05, 0.1) is 10.3 Å². The molecule has 84 valence electrons. The molecule has 0 atom stereocenters. The Morgan fingerprint density at radius 2 is 2.12 bits per heavy atom. The van der Waals surface area contributed by atoms with Crippen LogP contribution in [0.4, 0.5) is 4.39 Å². The molecule has 1 aromatic heterocycles. The highest BCUT2D eigenvalue weighted by molar-refractivity contribution is 9.10. The Balaban J connectivity index is 2.05. The molecule has 0 aliphatic rings. The number of benzene rings is 1. The van der Waals surface area contributed by atoms with E-state index in [-0.39, 0.29) is 5.82 Å². The smallest absolute Gasteiger partial charge is 0.128 e. The lowest BCUT2D eigenvalue weighted by Crippen LogP contribution is -2.02.